The summed E-state index contributed by atoms with van der Waals surface area (Å²) >= 11 is 0. The number of carbonyl (C=O) groups is 2. The maximum atomic E-state index is 12.2. The van der Waals surface area contributed by atoms with Crippen molar-refractivity contribution in [2.75, 3.05) is 6.54 Å². The maximum Gasteiger partial charge on any atom is 0.224 e. The lowest BCUT2D eigenvalue weighted by Crippen LogP contribution is -2.44. The molecule has 0 spiro atoms. The van der Waals surface area contributed by atoms with Crippen molar-refractivity contribution < 1.29 is 14.7 Å². The van der Waals surface area contributed by atoms with E-state index in [0.717, 1.165) is 19.3 Å². The summed E-state index contributed by atoms with van der Waals surface area (Å²) in [5.41, 5.74) is 0. The summed E-state index contributed by atoms with van der Waals surface area (Å²) in [6.07, 6.45) is 9.07. The van der Waals surface area contributed by atoms with Crippen LogP contribution in [-0.4, -0.2) is 18.4 Å². The molecule has 1 N–H and O–H groups in total. The fourth-order valence-electron chi connectivity index (χ4n) is 2.68. The van der Waals surface area contributed by atoms with E-state index in [4.69, 9.17) is 0 Å². The number of amides is 1. The van der Waals surface area contributed by atoms with Crippen LogP contribution in [-0.2, 0) is 9.59 Å². The van der Waals surface area contributed by atoms with Gasteiger partial charge in [-0.2, -0.15) is 0 Å². The molecule has 4 nitrogen and oxygen atoms in total. The Hall–Kier alpha value is -1.32. The van der Waals surface area contributed by atoms with E-state index < -0.39 is 17.8 Å². The van der Waals surface area contributed by atoms with Gasteiger partial charge in [0.15, 0.2) is 0 Å². The second kappa shape index (κ2) is 8.77. The summed E-state index contributed by atoms with van der Waals surface area (Å²) in [6, 6.07) is 0. The Morgan fingerprint density at radius 1 is 1.25 bits per heavy atom. The molecule has 4 heteroatoms. The van der Waals surface area contributed by atoms with Gasteiger partial charge in [0.05, 0.1) is 0 Å². The largest absolute Gasteiger partial charge is 0.550 e. The number of carboxylic acids is 1. The van der Waals surface area contributed by atoms with Crippen molar-refractivity contribution in [3.8, 4) is 0 Å². The topological polar surface area (TPSA) is 69.2 Å². The molecule has 0 aromatic rings. The molecule has 0 fully saturated rings. The zero-order valence-electron chi connectivity index (χ0n) is 12.6. The van der Waals surface area contributed by atoms with Gasteiger partial charge in [0.2, 0.25) is 5.91 Å². The third kappa shape index (κ3) is 4.99. The third-order valence-corrected chi connectivity index (χ3v) is 4.18. The monoisotopic (exact) mass is 280 g/mol. The summed E-state index contributed by atoms with van der Waals surface area (Å²) in [7, 11) is 0. The lowest BCUT2D eigenvalue weighted by molar-refractivity contribution is -0.313. The van der Waals surface area contributed by atoms with Gasteiger partial charge < -0.3 is 15.2 Å². The van der Waals surface area contributed by atoms with Gasteiger partial charge in [-0.3, -0.25) is 4.79 Å². The van der Waals surface area contributed by atoms with Crippen molar-refractivity contribution in [1.82, 2.24) is 5.32 Å². The van der Waals surface area contributed by atoms with Crippen molar-refractivity contribution >= 4 is 11.9 Å². The van der Waals surface area contributed by atoms with E-state index in [1.165, 1.54) is 6.42 Å². The number of allylic oxidation sites excluding steroid dienone is 2. The second-order valence-electron chi connectivity index (χ2n) is 5.64. The molecule has 0 aromatic carbocycles. The Balaban J connectivity index is 2.48. The van der Waals surface area contributed by atoms with E-state index in [1.54, 1.807) is 0 Å². The Morgan fingerprint density at radius 2 is 1.90 bits per heavy atom. The first-order valence-electron chi connectivity index (χ1n) is 7.73. The SMILES string of the molecule is CCCC[C@H](CC)CNC(=O)[C@@H]1CC=CC[C@@H]1C(=O)[O-]. The van der Waals surface area contributed by atoms with Crippen LogP contribution in [0.1, 0.15) is 52.4 Å². The fourth-order valence-corrected chi connectivity index (χ4v) is 2.68. The van der Waals surface area contributed by atoms with Crippen LogP contribution in [0.2, 0.25) is 0 Å². The fraction of sp³-hybridized carbons (Fsp3) is 0.750. The van der Waals surface area contributed by atoms with Crippen LogP contribution in [0.3, 0.4) is 0 Å². The van der Waals surface area contributed by atoms with Crippen molar-refractivity contribution in [3.05, 3.63) is 12.2 Å². The highest BCUT2D eigenvalue weighted by molar-refractivity contribution is 5.84. The van der Waals surface area contributed by atoms with Gasteiger partial charge in [-0.1, -0.05) is 45.3 Å². The quantitative estimate of drug-likeness (QED) is 0.687. The Morgan fingerprint density at radius 3 is 2.45 bits per heavy atom. The first-order valence-corrected chi connectivity index (χ1v) is 7.73. The number of hydrogen-bond acceptors (Lipinski definition) is 3. The van der Waals surface area contributed by atoms with E-state index in [1.807, 2.05) is 12.2 Å². The average molecular weight is 280 g/mol. The predicted octanol–water partition coefficient (Wildman–Crippen LogP) is 1.65. The lowest BCUT2D eigenvalue weighted by Gasteiger charge is -2.28. The first kappa shape index (κ1) is 16.7. The molecule has 0 saturated heterocycles. The zero-order valence-corrected chi connectivity index (χ0v) is 12.6. The van der Waals surface area contributed by atoms with Crippen LogP contribution in [0.15, 0.2) is 12.2 Å². The molecule has 1 aliphatic carbocycles. The van der Waals surface area contributed by atoms with E-state index in [2.05, 4.69) is 19.2 Å². The highest BCUT2D eigenvalue weighted by Gasteiger charge is 2.29. The van der Waals surface area contributed by atoms with Crippen LogP contribution in [0, 0.1) is 17.8 Å². The second-order valence-corrected chi connectivity index (χ2v) is 5.64. The molecule has 0 radical (unpaired) electrons. The number of rotatable bonds is 8. The van der Waals surface area contributed by atoms with E-state index in [0.29, 0.717) is 25.3 Å². The number of nitrogens with one attached hydrogen (secondary N) is 1. The number of hydrogen-bond donors (Lipinski definition) is 1. The zero-order chi connectivity index (χ0) is 15.0. The molecular formula is C16H26NO3-. The molecule has 3 atom stereocenters. The molecule has 0 unspecified atom stereocenters. The smallest absolute Gasteiger partial charge is 0.224 e. The summed E-state index contributed by atoms with van der Waals surface area (Å²) < 4.78 is 0. The number of aliphatic carboxylic acids is 1. The average Bonchev–Trinajstić information content (AvgIpc) is 2.47. The van der Waals surface area contributed by atoms with Gasteiger partial charge in [-0.15, -0.1) is 0 Å². The molecule has 20 heavy (non-hydrogen) atoms. The highest BCUT2D eigenvalue weighted by atomic mass is 16.4. The molecule has 1 rings (SSSR count). The van der Waals surface area contributed by atoms with Gasteiger partial charge in [0.25, 0.3) is 0 Å². The van der Waals surface area contributed by atoms with Gasteiger partial charge in [-0.05, 0) is 25.2 Å². The van der Waals surface area contributed by atoms with Crippen molar-refractivity contribution in [1.29, 1.82) is 0 Å². The molecule has 0 saturated carbocycles. The first-order chi connectivity index (χ1) is 9.60. The van der Waals surface area contributed by atoms with Crippen LogP contribution in [0.4, 0.5) is 0 Å². The Kier molecular flexibility index (Phi) is 7.34. The standard InChI is InChI=1S/C16H27NO3/c1-3-5-8-12(4-2)11-17-15(18)13-9-6-7-10-14(13)16(19)20/h6-7,12-14H,3-5,8-11H2,1-2H3,(H,17,18)(H,19,20)/p-1/t12-,13+,14-/m0/s1. The van der Waals surface area contributed by atoms with Crippen LogP contribution < -0.4 is 10.4 Å². The maximum absolute atomic E-state index is 12.2. The van der Waals surface area contributed by atoms with Gasteiger partial charge in [-0.25, -0.2) is 0 Å². The highest BCUT2D eigenvalue weighted by Crippen LogP contribution is 2.25. The lowest BCUT2D eigenvalue weighted by atomic mass is 9.82. The molecule has 0 aliphatic heterocycles. The van der Waals surface area contributed by atoms with Crippen LogP contribution >= 0.6 is 0 Å². The van der Waals surface area contributed by atoms with Crippen LogP contribution in [0.5, 0.6) is 0 Å². The van der Waals surface area contributed by atoms with Crippen LogP contribution in [0.25, 0.3) is 0 Å². The number of carboxylic acid groups (broad SMARTS) is 1. The summed E-state index contributed by atoms with van der Waals surface area (Å²) in [5, 5.41) is 14.0. The molecule has 114 valence electrons. The molecule has 0 aromatic heterocycles. The molecule has 1 aliphatic rings. The minimum atomic E-state index is -1.12. The minimum absolute atomic E-state index is 0.140. The normalized spacial score (nSPS) is 23.3. The summed E-state index contributed by atoms with van der Waals surface area (Å²) in [5.74, 6) is -1.94. The van der Waals surface area contributed by atoms with E-state index in [9.17, 15) is 14.7 Å². The number of unbranched alkanes of at least 4 members (excludes halogenated alkanes) is 1. The Labute approximate surface area is 121 Å². The molecule has 0 bridgehead atoms. The van der Waals surface area contributed by atoms with E-state index in [-0.39, 0.29) is 5.91 Å². The molecular weight excluding hydrogens is 254 g/mol. The molecule has 0 heterocycles. The third-order valence-electron chi connectivity index (χ3n) is 4.18. The predicted molar refractivity (Wildman–Crippen MR) is 76.7 cm³/mol. The summed E-state index contributed by atoms with van der Waals surface area (Å²) in [4.78, 5) is 23.3. The van der Waals surface area contributed by atoms with E-state index >= 15 is 0 Å². The number of carbonyl (C=O) groups excluding carboxylic acids is 2. The Bertz CT molecular complexity index is 352. The van der Waals surface area contributed by atoms with Gasteiger partial charge in [0, 0.05) is 24.3 Å². The van der Waals surface area contributed by atoms with Crippen molar-refractivity contribution in [2.24, 2.45) is 17.8 Å². The minimum Gasteiger partial charge on any atom is -0.550 e. The van der Waals surface area contributed by atoms with Gasteiger partial charge in [0.1, 0.15) is 0 Å². The van der Waals surface area contributed by atoms with Crippen molar-refractivity contribution in [2.45, 2.75) is 52.4 Å². The van der Waals surface area contributed by atoms with Gasteiger partial charge >= 0.3 is 0 Å². The van der Waals surface area contributed by atoms with Crippen molar-refractivity contribution in [3.63, 3.8) is 0 Å². The summed E-state index contributed by atoms with van der Waals surface area (Å²) in [6.45, 7) is 4.93. The molecule has 1 amide bonds.